The second-order valence-corrected chi connectivity index (χ2v) is 5.43. The van der Waals surface area contributed by atoms with Gasteiger partial charge in [-0.1, -0.05) is 24.4 Å². The Labute approximate surface area is 113 Å². The predicted molar refractivity (Wildman–Crippen MR) is 70.9 cm³/mol. The lowest BCUT2D eigenvalue weighted by Gasteiger charge is -2.33. The van der Waals surface area contributed by atoms with E-state index in [2.05, 4.69) is 5.16 Å². The van der Waals surface area contributed by atoms with E-state index in [0.29, 0.717) is 32.0 Å². The van der Waals surface area contributed by atoms with E-state index in [1.165, 1.54) is 32.1 Å². The second-order valence-electron chi connectivity index (χ2n) is 5.43. The minimum absolute atomic E-state index is 0.0372. The van der Waals surface area contributed by atoms with Crippen LogP contribution in [-0.4, -0.2) is 47.7 Å². The molecule has 6 nitrogen and oxygen atoms in total. The van der Waals surface area contributed by atoms with Crippen molar-refractivity contribution in [3.05, 3.63) is 0 Å². The minimum Gasteiger partial charge on any atom is -0.409 e. The Morgan fingerprint density at radius 3 is 2.79 bits per heavy atom. The summed E-state index contributed by atoms with van der Waals surface area (Å²) in [6, 6.07) is 0. The van der Waals surface area contributed by atoms with Crippen molar-refractivity contribution in [3.63, 3.8) is 0 Å². The Kier molecular flexibility index (Phi) is 5.01. The van der Waals surface area contributed by atoms with E-state index in [1.807, 2.05) is 0 Å². The molecule has 1 saturated heterocycles. The van der Waals surface area contributed by atoms with E-state index in [-0.39, 0.29) is 11.7 Å². The number of carbonyl (C=O) groups excluding carboxylic acids is 1. The standard InChI is InChI=1S/C13H23N3O3/c14-13(15-18)11-9-16(6-7-19-11)12(17)8-10-4-2-1-3-5-10/h10-11,18H,1-9H2,(H2,14,15). The van der Waals surface area contributed by atoms with Crippen LogP contribution in [0.4, 0.5) is 0 Å². The summed E-state index contributed by atoms with van der Waals surface area (Å²) in [4.78, 5) is 14.0. The number of oxime groups is 1. The molecule has 1 saturated carbocycles. The number of ether oxygens (including phenoxy) is 1. The van der Waals surface area contributed by atoms with Gasteiger partial charge < -0.3 is 20.6 Å². The molecule has 0 aromatic rings. The molecule has 0 aromatic heterocycles. The van der Waals surface area contributed by atoms with Crippen molar-refractivity contribution in [1.29, 1.82) is 0 Å². The number of hydrogen-bond acceptors (Lipinski definition) is 4. The van der Waals surface area contributed by atoms with Gasteiger partial charge in [0.1, 0.15) is 6.10 Å². The first-order valence-electron chi connectivity index (χ1n) is 7.07. The van der Waals surface area contributed by atoms with E-state index in [0.717, 1.165) is 0 Å². The zero-order valence-electron chi connectivity index (χ0n) is 11.3. The lowest BCUT2D eigenvalue weighted by atomic mass is 9.86. The highest BCUT2D eigenvalue weighted by Gasteiger charge is 2.28. The summed E-state index contributed by atoms with van der Waals surface area (Å²) in [6.45, 7) is 1.43. The molecule has 0 aromatic carbocycles. The summed E-state index contributed by atoms with van der Waals surface area (Å²) in [6.07, 6.45) is 6.27. The fourth-order valence-corrected chi connectivity index (χ4v) is 2.89. The van der Waals surface area contributed by atoms with Crippen molar-refractivity contribution in [2.24, 2.45) is 16.8 Å². The Balaban J connectivity index is 1.84. The molecule has 2 rings (SSSR count). The third-order valence-electron chi connectivity index (χ3n) is 4.05. The number of amidine groups is 1. The molecule has 2 aliphatic rings. The van der Waals surface area contributed by atoms with Crippen LogP contribution >= 0.6 is 0 Å². The van der Waals surface area contributed by atoms with E-state index in [1.54, 1.807) is 4.90 Å². The summed E-state index contributed by atoms with van der Waals surface area (Å²) < 4.78 is 5.39. The highest BCUT2D eigenvalue weighted by molar-refractivity contribution is 5.85. The van der Waals surface area contributed by atoms with Crippen molar-refractivity contribution in [1.82, 2.24) is 4.90 Å². The summed E-state index contributed by atoms with van der Waals surface area (Å²) in [5, 5.41) is 11.6. The Hall–Kier alpha value is -1.30. The lowest BCUT2D eigenvalue weighted by molar-refractivity contribution is -0.138. The lowest BCUT2D eigenvalue weighted by Crippen LogP contribution is -2.50. The first-order valence-corrected chi connectivity index (χ1v) is 7.07. The van der Waals surface area contributed by atoms with Crippen molar-refractivity contribution < 1.29 is 14.7 Å². The number of carbonyl (C=O) groups is 1. The third-order valence-corrected chi connectivity index (χ3v) is 4.05. The van der Waals surface area contributed by atoms with Crippen LogP contribution in [0.1, 0.15) is 38.5 Å². The average Bonchev–Trinajstić information content (AvgIpc) is 2.47. The highest BCUT2D eigenvalue weighted by Crippen LogP contribution is 2.27. The summed E-state index contributed by atoms with van der Waals surface area (Å²) in [7, 11) is 0. The van der Waals surface area contributed by atoms with Gasteiger partial charge in [-0.25, -0.2) is 0 Å². The Bertz CT molecular complexity index is 340. The summed E-state index contributed by atoms with van der Waals surface area (Å²) >= 11 is 0. The maximum Gasteiger partial charge on any atom is 0.223 e. The van der Waals surface area contributed by atoms with Gasteiger partial charge in [0.15, 0.2) is 5.84 Å². The number of nitrogens with two attached hydrogens (primary N) is 1. The van der Waals surface area contributed by atoms with Gasteiger partial charge >= 0.3 is 0 Å². The average molecular weight is 269 g/mol. The van der Waals surface area contributed by atoms with Crippen molar-refractivity contribution in [3.8, 4) is 0 Å². The maximum absolute atomic E-state index is 12.2. The quantitative estimate of drug-likeness (QED) is 0.345. The first-order chi connectivity index (χ1) is 9.20. The SMILES string of the molecule is NC(=NO)C1CN(C(=O)CC2CCCCC2)CCO1. The normalized spacial score (nSPS) is 26.4. The van der Waals surface area contributed by atoms with Crippen LogP contribution in [0.5, 0.6) is 0 Å². The monoisotopic (exact) mass is 269 g/mol. The smallest absolute Gasteiger partial charge is 0.223 e. The third kappa shape index (κ3) is 3.83. The molecule has 3 N–H and O–H groups in total. The number of hydrogen-bond donors (Lipinski definition) is 2. The fraction of sp³-hybridized carbons (Fsp3) is 0.846. The Morgan fingerprint density at radius 2 is 2.11 bits per heavy atom. The van der Waals surface area contributed by atoms with Gasteiger partial charge in [-0.15, -0.1) is 0 Å². The molecule has 1 atom stereocenters. The molecule has 1 amide bonds. The van der Waals surface area contributed by atoms with Crippen LogP contribution in [-0.2, 0) is 9.53 Å². The van der Waals surface area contributed by atoms with Crippen LogP contribution < -0.4 is 5.73 Å². The fourth-order valence-electron chi connectivity index (χ4n) is 2.89. The van der Waals surface area contributed by atoms with Gasteiger partial charge in [0.2, 0.25) is 5.91 Å². The summed E-state index contributed by atoms with van der Waals surface area (Å²) in [5.74, 6) is 0.743. The van der Waals surface area contributed by atoms with Crippen molar-refractivity contribution >= 4 is 11.7 Å². The zero-order chi connectivity index (χ0) is 13.7. The van der Waals surface area contributed by atoms with E-state index < -0.39 is 6.10 Å². The molecule has 0 bridgehead atoms. The molecule has 108 valence electrons. The zero-order valence-corrected chi connectivity index (χ0v) is 11.3. The Morgan fingerprint density at radius 1 is 1.37 bits per heavy atom. The topological polar surface area (TPSA) is 88.2 Å². The van der Waals surface area contributed by atoms with Crippen LogP contribution in [0.15, 0.2) is 5.16 Å². The van der Waals surface area contributed by atoms with E-state index in [4.69, 9.17) is 15.7 Å². The van der Waals surface area contributed by atoms with Gasteiger partial charge in [0.05, 0.1) is 13.2 Å². The summed E-state index contributed by atoms with van der Waals surface area (Å²) in [5.41, 5.74) is 5.53. The number of rotatable bonds is 3. The minimum atomic E-state index is -0.478. The van der Waals surface area contributed by atoms with Gasteiger partial charge in [0.25, 0.3) is 0 Å². The molecule has 19 heavy (non-hydrogen) atoms. The predicted octanol–water partition coefficient (Wildman–Crippen LogP) is 0.931. The first kappa shape index (κ1) is 14.1. The van der Waals surface area contributed by atoms with Crippen LogP contribution in [0.2, 0.25) is 0 Å². The molecule has 1 aliphatic heterocycles. The molecule has 1 heterocycles. The van der Waals surface area contributed by atoms with Crippen LogP contribution in [0.25, 0.3) is 0 Å². The van der Waals surface area contributed by atoms with Gasteiger partial charge in [0, 0.05) is 13.0 Å². The van der Waals surface area contributed by atoms with Crippen molar-refractivity contribution in [2.45, 2.75) is 44.6 Å². The molecule has 0 spiro atoms. The number of amides is 1. The van der Waals surface area contributed by atoms with Gasteiger partial charge in [-0.3, -0.25) is 4.79 Å². The molecular formula is C13H23N3O3. The molecule has 6 heteroatoms. The molecule has 1 aliphatic carbocycles. The number of nitrogens with zero attached hydrogens (tertiary/aromatic N) is 2. The van der Waals surface area contributed by atoms with E-state index in [9.17, 15) is 4.79 Å². The van der Waals surface area contributed by atoms with Gasteiger partial charge in [-0.2, -0.15) is 0 Å². The largest absolute Gasteiger partial charge is 0.409 e. The number of morpholine rings is 1. The van der Waals surface area contributed by atoms with Gasteiger partial charge in [-0.05, 0) is 18.8 Å². The molecule has 0 radical (unpaired) electrons. The van der Waals surface area contributed by atoms with Crippen LogP contribution in [0.3, 0.4) is 0 Å². The second kappa shape index (κ2) is 6.75. The molecule has 2 fully saturated rings. The maximum atomic E-state index is 12.2. The van der Waals surface area contributed by atoms with Crippen molar-refractivity contribution in [2.75, 3.05) is 19.7 Å². The molecular weight excluding hydrogens is 246 g/mol. The van der Waals surface area contributed by atoms with E-state index >= 15 is 0 Å². The highest BCUT2D eigenvalue weighted by atomic mass is 16.5. The molecule has 1 unspecified atom stereocenters. The van der Waals surface area contributed by atoms with Crippen LogP contribution in [0, 0.1) is 5.92 Å².